The highest BCUT2D eigenvalue weighted by Crippen LogP contribution is 2.40. The number of fused-ring (bicyclic) bond motifs is 4. The van der Waals surface area contributed by atoms with Gasteiger partial charge in [-0.2, -0.15) is 0 Å². The quantitative estimate of drug-likeness (QED) is 0.457. The summed E-state index contributed by atoms with van der Waals surface area (Å²) < 4.78 is 42.7. The molecule has 1 amide bonds. The number of halogens is 3. The van der Waals surface area contributed by atoms with Crippen LogP contribution in [-0.2, 0) is 6.42 Å². The van der Waals surface area contributed by atoms with Gasteiger partial charge in [0.2, 0.25) is 11.6 Å². The minimum absolute atomic E-state index is 0.0961. The van der Waals surface area contributed by atoms with Crippen LogP contribution in [0.4, 0.5) is 18.9 Å². The van der Waals surface area contributed by atoms with E-state index in [1.165, 1.54) is 12.1 Å². The predicted octanol–water partition coefficient (Wildman–Crippen LogP) is 4.51. The largest absolute Gasteiger partial charge is 0.317 e. The van der Waals surface area contributed by atoms with Gasteiger partial charge in [0.15, 0.2) is 0 Å². The summed E-state index contributed by atoms with van der Waals surface area (Å²) in [6.45, 7) is 2.24. The minimum Gasteiger partial charge on any atom is -0.317 e. The van der Waals surface area contributed by atoms with Crippen molar-refractivity contribution in [1.82, 2.24) is 19.6 Å². The first-order valence-corrected chi connectivity index (χ1v) is 11.6. The van der Waals surface area contributed by atoms with Crippen molar-refractivity contribution in [1.29, 1.82) is 0 Å². The zero-order chi connectivity index (χ0) is 24.5. The number of rotatable bonds is 2. The number of nitrogens with one attached hydrogen (secondary N) is 1. The molecule has 4 aromatic rings. The zero-order valence-corrected chi connectivity index (χ0v) is 18.9. The van der Waals surface area contributed by atoms with E-state index in [1.807, 2.05) is 0 Å². The second-order valence-electron chi connectivity index (χ2n) is 9.47. The number of nitrogens with zero attached hydrogens (tertiary/aromatic N) is 4. The average Bonchev–Trinajstić information content (AvgIpc) is 3.44. The minimum atomic E-state index is -2.68. The number of anilines is 1. The molecule has 0 atom stereocenters. The van der Waals surface area contributed by atoms with Crippen LogP contribution in [0.2, 0.25) is 0 Å². The van der Waals surface area contributed by atoms with Crippen molar-refractivity contribution in [2.24, 2.45) is 0 Å². The second kappa shape index (κ2) is 7.66. The van der Waals surface area contributed by atoms with E-state index in [4.69, 9.17) is 0 Å². The number of aromatic nitrogens is 4. The molecule has 1 N–H and O–H groups in total. The Labute approximate surface area is 197 Å². The number of aryl methyl sites for hydroxylation is 1. The number of carbonyl (C=O) groups is 1. The van der Waals surface area contributed by atoms with Gasteiger partial charge in [0, 0.05) is 36.6 Å². The molecule has 6 rings (SSSR count). The topological polar surface area (TPSA) is 83.4 Å². The molecule has 3 heterocycles. The first kappa shape index (κ1) is 21.8. The van der Waals surface area contributed by atoms with Gasteiger partial charge in [-0.1, -0.05) is 0 Å². The SMILES string of the molecule is Cc1cc2c(cc1C(=O)N1CCc3cc(F)ccc31)[nH]c(=O)c1nnc(C3CCC(F)(F)CC3)n12. The van der Waals surface area contributed by atoms with Gasteiger partial charge >= 0.3 is 0 Å². The van der Waals surface area contributed by atoms with Gasteiger partial charge in [-0.3, -0.25) is 14.0 Å². The maximum Gasteiger partial charge on any atom is 0.294 e. The number of amides is 1. The van der Waals surface area contributed by atoms with Gasteiger partial charge < -0.3 is 9.88 Å². The molecule has 7 nitrogen and oxygen atoms in total. The van der Waals surface area contributed by atoms with Gasteiger partial charge in [-0.05, 0) is 67.6 Å². The number of alkyl halides is 2. The van der Waals surface area contributed by atoms with Crippen molar-refractivity contribution in [3.8, 4) is 0 Å². The van der Waals surface area contributed by atoms with E-state index in [9.17, 15) is 22.8 Å². The molecule has 1 fully saturated rings. The van der Waals surface area contributed by atoms with E-state index in [0.717, 1.165) is 5.56 Å². The van der Waals surface area contributed by atoms with Crippen molar-refractivity contribution >= 4 is 28.3 Å². The third-order valence-corrected chi connectivity index (χ3v) is 7.22. The molecule has 0 bridgehead atoms. The molecule has 1 saturated carbocycles. The summed E-state index contributed by atoms with van der Waals surface area (Å²) in [4.78, 5) is 30.7. The highest BCUT2D eigenvalue weighted by atomic mass is 19.3. The summed E-state index contributed by atoms with van der Waals surface area (Å²) in [5.74, 6) is -3.01. The summed E-state index contributed by atoms with van der Waals surface area (Å²) >= 11 is 0. The number of hydrogen-bond acceptors (Lipinski definition) is 4. The van der Waals surface area contributed by atoms with Crippen molar-refractivity contribution in [3.05, 3.63) is 69.0 Å². The third-order valence-electron chi connectivity index (χ3n) is 7.22. The maximum absolute atomic E-state index is 13.7. The Balaban J connectivity index is 1.44. The van der Waals surface area contributed by atoms with Crippen LogP contribution in [0.15, 0.2) is 35.1 Å². The fourth-order valence-electron chi connectivity index (χ4n) is 5.36. The second-order valence-corrected chi connectivity index (χ2v) is 9.47. The lowest BCUT2D eigenvalue weighted by molar-refractivity contribution is -0.0388. The number of carbonyl (C=O) groups excluding carboxylic acids is 1. The van der Waals surface area contributed by atoms with Crippen molar-refractivity contribution in [2.45, 2.75) is 50.9 Å². The highest BCUT2D eigenvalue weighted by molar-refractivity contribution is 6.09. The molecular formula is C25H22F3N5O2. The van der Waals surface area contributed by atoms with Gasteiger partial charge in [0.25, 0.3) is 11.5 Å². The van der Waals surface area contributed by atoms with Crippen LogP contribution in [0, 0.1) is 12.7 Å². The first-order valence-electron chi connectivity index (χ1n) is 11.6. The Morgan fingerprint density at radius 3 is 2.69 bits per heavy atom. The Morgan fingerprint density at radius 2 is 1.91 bits per heavy atom. The number of hydrogen-bond donors (Lipinski definition) is 1. The summed E-state index contributed by atoms with van der Waals surface area (Å²) in [6.07, 6.45) is 0.617. The molecule has 2 aromatic carbocycles. The lowest BCUT2D eigenvalue weighted by Gasteiger charge is -2.27. The van der Waals surface area contributed by atoms with Crippen molar-refractivity contribution in [2.75, 3.05) is 11.4 Å². The van der Waals surface area contributed by atoms with Crippen LogP contribution in [-0.4, -0.2) is 38.0 Å². The Morgan fingerprint density at radius 1 is 1.14 bits per heavy atom. The first-order chi connectivity index (χ1) is 16.7. The Kier molecular flexibility index (Phi) is 4.77. The molecule has 2 aromatic heterocycles. The molecule has 10 heteroatoms. The Bertz CT molecular complexity index is 1570. The molecule has 0 saturated heterocycles. The molecule has 0 radical (unpaired) electrons. The maximum atomic E-state index is 13.7. The molecule has 2 aliphatic rings. The summed E-state index contributed by atoms with van der Waals surface area (Å²) in [6, 6.07) is 7.81. The van der Waals surface area contributed by atoms with Crippen LogP contribution >= 0.6 is 0 Å². The number of benzene rings is 2. The van der Waals surface area contributed by atoms with Gasteiger partial charge in [0.05, 0.1) is 11.0 Å². The molecule has 0 unspecified atom stereocenters. The average molecular weight is 481 g/mol. The molecule has 0 spiro atoms. The molecule has 1 aliphatic heterocycles. The number of H-pyrrole nitrogens is 1. The van der Waals surface area contributed by atoms with Crippen LogP contribution in [0.25, 0.3) is 16.7 Å². The molecule has 35 heavy (non-hydrogen) atoms. The summed E-state index contributed by atoms with van der Waals surface area (Å²) in [5, 5.41) is 8.24. The Hall–Kier alpha value is -3.69. The van der Waals surface area contributed by atoms with Crippen LogP contribution < -0.4 is 10.5 Å². The molecule has 1 aliphatic carbocycles. The van der Waals surface area contributed by atoms with Crippen LogP contribution in [0.3, 0.4) is 0 Å². The van der Waals surface area contributed by atoms with Gasteiger partial charge in [0.1, 0.15) is 11.6 Å². The van der Waals surface area contributed by atoms with Crippen LogP contribution in [0.1, 0.15) is 58.9 Å². The summed E-state index contributed by atoms with van der Waals surface area (Å²) in [7, 11) is 0. The molecular weight excluding hydrogens is 459 g/mol. The van der Waals surface area contributed by atoms with Crippen molar-refractivity contribution < 1.29 is 18.0 Å². The standard InChI is InChI=1S/C25H22F3N5O2/c1-13-10-20-18(12-17(13)24(35)32-9-6-15-11-16(26)2-3-19(15)32)29-23(34)22-31-30-21(33(20)22)14-4-7-25(27,28)8-5-14/h2-3,10-12,14H,4-9H2,1H3,(H,29,34). The van der Waals surface area contributed by atoms with E-state index in [-0.39, 0.29) is 49.0 Å². The highest BCUT2D eigenvalue weighted by Gasteiger charge is 2.37. The monoisotopic (exact) mass is 481 g/mol. The summed E-state index contributed by atoms with van der Waals surface area (Å²) in [5.41, 5.74) is 3.21. The smallest absolute Gasteiger partial charge is 0.294 e. The van der Waals surface area contributed by atoms with Gasteiger partial charge in [-0.25, -0.2) is 13.2 Å². The van der Waals surface area contributed by atoms with E-state index in [1.54, 1.807) is 34.4 Å². The van der Waals surface area contributed by atoms with E-state index >= 15 is 0 Å². The zero-order valence-electron chi connectivity index (χ0n) is 18.9. The lowest BCUT2D eigenvalue weighted by Crippen LogP contribution is -2.29. The fraction of sp³-hybridized carbons (Fsp3) is 0.360. The van der Waals surface area contributed by atoms with E-state index in [2.05, 4.69) is 15.2 Å². The van der Waals surface area contributed by atoms with E-state index < -0.39 is 11.5 Å². The molecule has 180 valence electrons. The van der Waals surface area contributed by atoms with Crippen molar-refractivity contribution in [3.63, 3.8) is 0 Å². The predicted molar refractivity (Wildman–Crippen MR) is 124 cm³/mol. The number of aromatic amines is 1. The van der Waals surface area contributed by atoms with Crippen LogP contribution in [0.5, 0.6) is 0 Å². The lowest BCUT2D eigenvalue weighted by atomic mass is 9.86. The van der Waals surface area contributed by atoms with Gasteiger partial charge in [-0.15, -0.1) is 10.2 Å². The third kappa shape index (κ3) is 3.50. The van der Waals surface area contributed by atoms with E-state index in [0.29, 0.717) is 46.6 Å². The normalized spacial score (nSPS) is 17.9. The fourth-order valence-corrected chi connectivity index (χ4v) is 5.36.